The lowest BCUT2D eigenvalue weighted by Crippen LogP contribution is -2.12. The maximum absolute atomic E-state index is 12.4. The van der Waals surface area contributed by atoms with Crippen molar-refractivity contribution < 1.29 is 4.79 Å². The first-order valence-corrected chi connectivity index (χ1v) is 7.87. The van der Waals surface area contributed by atoms with Crippen LogP contribution in [0.1, 0.15) is 21.5 Å². The summed E-state index contributed by atoms with van der Waals surface area (Å²) in [6.07, 6.45) is 0.904. The van der Waals surface area contributed by atoms with E-state index in [9.17, 15) is 4.79 Å². The summed E-state index contributed by atoms with van der Waals surface area (Å²) in [7, 11) is 0. The Kier molecular flexibility index (Phi) is 3.40. The Hall–Kier alpha value is -2.58. The number of nitrogens with one attached hydrogen (secondary N) is 1. The van der Waals surface area contributed by atoms with E-state index in [4.69, 9.17) is 11.6 Å². The molecule has 2 nitrogen and oxygen atoms in total. The van der Waals surface area contributed by atoms with Gasteiger partial charge in [-0.1, -0.05) is 54.1 Å². The summed E-state index contributed by atoms with van der Waals surface area (Å²) in [6.45, 7) is 0. The van der Waals surface area contributed by atoms with Crippen LogP contribution < -0.4 is 5.32 Å². The molecule has 0 spiro atoms. The van der Waals surface area contributed by atoms with Crippen LogP contribution in [-0.2, 0) is 6.42 Å². The SMILES string of the molecule is O=C(Nc1ccc2c(c1)Cc1ccccc1-2)c1ccccc1Cl. The van der Waals surface area contributed by atoms with Crippen LogP contribution in [0.3, 0.4) is 0 Å². The first-order valence-electron chi connectivity index (χ1n) is 7.49. The maximum atomic E-state index is 12.4. The Morgan fingerprint density at radius 3 is 2.48 bits per heavy atom. The lowest BCUT2D eigenvalue weighted by Gasteiger charge is -2.08. The first-order chi connectivity index (χ1) is 11.2. The molecular weight excluding hydrogens is 306 g/mol. The summed E-state index contributed by atoms with van der Waals surface area (Å²) in [5.74, 6) is -0.189. The van der Waals surface area contributed by atoms with Crippen molar-refractivity contribution in [2.24, 2.45) is 0 Å². The Labute approximate surface area is 139 Å². The molecule has 0 bridgehead atoms. The molecule has 0 unspecified atom stereocenters. The van der Waals surface area contributed by atoms with Crippen molar-refractivity contribution in [2.75, 3.05) is 5.32 Å². The zero-order valence-corrected chi connectivity index (χ0v) is 13.1. The van der Waals surface area contributed by atoms with Crippen molar-refractivity contribution in [3.63, 3.8) is 0 Å². The maximum Gasteiger partial charge on any atom is 0.257 e. The van der Waals surface area contributed by atoms with Gasteiger partial charge in [0, 0.05) is 5.69 Å². The summed E-state index contributed by atoms with van der Waals surface area (Å²) >= 11 is 6.08. The van der Waals surface area contributed by atoms with Crippen molar-refractivity contribution in [1.82, 2.24) is 0 Å². The molecule has 4 rings (SSSR count). The summed E-state index contributed by atoms with van der Waals surface area (Å²) in [4.78, 5) is 12.4. The fraction of sp³-hybridized carbons (Fsp3) is 0.0500. The Balaban J connectivity index is 1.62. The van der Waals surface area contributed by atoms with Crippen molar-refractivity contribution in [2.45, 2.75) is 6.42 Å². The van der Waals surface area contributed by atoms with Crippen molar-refractivity contribution in [3.05, 3.63) is 88.4 Å². The predicted octanol–water partition coefficient (Wildman–Crippen LogP) is 5.16. The molecule has 3 aromatic carbocycles. The molecule has 23 heavy (non-hydrogen) atoms. The van der Waals surface area contributed by atoms with Crippen LogP contribution in [-0.4, -0.2) is 5.91 Å². The number of halogens is 1. The topological polar surface area (TPSA) is 29.1 Å². The van der Waals surface area contributed by atoms with Gasteiger partial charge in [-0.25, -0.2) is 0 Å². The van der Waals surface area contributed by atoms with Gasteiger partial charge in [-0.15, -0.1) is 0 Å². The van der Waals surface area contributed by atoms with E-state index < -0.39 is 0 Å². The normalized spacial score (nSPS) is 11.7. The predicted molar refractivity (Wildman–Crippen MR) is 94.1 cm³/mol. The van der Waals surface area contributed by atoms with E-state index in [1.54, 1.807) is 18.2 Å². The van der Waals surface area contributed by atoms with Gasteiger partial charge in [0.15, 0.2) is 0 Å². The number of fused-ring (bicyclic) bond motifs is 3. The van der Waals surface area contributed by atoms with Gasteiger partial charge < -0.3 is 5.32 Å². The Bertz CT molecular complexity index is 917. The highest BCUT2D eigenvalue weighted by molar-refractivity contribution is 6.34. The molecule has 0 saturated heterocycles. The highest BCUT2D eigenvalue weighted by Crippen LogP contribution is 2.37. The van der Waals surface area contributed by atoms with Gasteiger partial charge in [0.25, 0.3) is 5.91 Å². The molecule has 0 saturated carbocycles. The molecule has 1 aliphatic rings. The number of hydrogen-bond acceptors (Lipinski definition) is 1. The third-order valence-corrected chi connectivity index (χ3v) is 4.50. The minimum absolute atomic E-state index is 0.189. The lowest BCUT2D eigenvalue weighted by atomic mass is 10.1. The zero-order chi connectivity index (χ0) is 15.8. The second kappa shape index (κ2) is 5.56. The first kappa shape index (κ1) is 14.0. The molecule has 0 aromatic heterocycles. The smallest absolute Gasteiger partial charge is 0.257 e. The van der Waals surface area contributed by atoms with E-state index in [1.165, 1.54) is 22.3 Å². The van der Waals surface area contributed by atoms with Crippen LogP contribution in [0.5, 0.6) is 0 Å². The van der Waals surface area contributed by atoms with Gasteiger partial charge in [-0.3, -0.25) is 4.79 Å². The number of benzene rings is 3. The molecule has 0 heterocycles. The number of carbonyl (C=O) groups excluding carboxylic acids is 1. The largest absolute Gasteiger partial charge is 0.322 e. The van der Waals surface area contributed by atoms with Crippen LogP contribution in [0, 0.1) is 0 Å². The van der Waals surface area contributed by atoms with E-state index in [0.717, 1.165) is 12.1 Å². The second-order valence-electron chi connectivity index (χ2n) is 5.64. The fourth-order valence-electron chi connectivity index (χ4n) is 3.07. The molecule has 3 heteroatoms. The van der Waals surface area contributed by atoms with Crippen LogP contribution in [0.2, 0.25) is 5.02 Å². The van der Waals surface area contributed by atoms with Crippen LogP contribution >= 0.6 is 11.6 Å². The average molecular weight is 320 g/mol. The quantitative estimate of drug-likeness (QED) is 0.543. The molecule has 0 aliphatic heterocycles. The Morgan fingerprint density at radius 1 is 0.870 bits per heavy atom. The molecular formula is C20H14ClNO. The van der Waals surface area contributed by atoms with E-state index in [0.29, 0.717) is 10.6 Å². The van der Waals surface area contributed by atoms with Crippen LogP contribution in [0.4, 0.5) is 5.69 Å². The molecule has 3 aromatic rings. The van der Waals surface area contributed by atoms with Crippen molar-refractivity contribution in [3.8, 4) is 11.1 Å². The molecule has 0 atom stereocenters. The monoisotopic (exact) mass is 319 g/mol. The standard InChI is InChI=1S/C20H14ClNO/c21-19-8-4-3-7-18(19)20(23)22-15-9-10-17-14(12-15)11-13-5-1-2-6-16(13)17/h1-10,12H,11H2,(H,22,23). The van der Waals surface area contributed by atoms with Gasteiger partial charge in [-0.05, 0) is 52.9 Å². The molecule has 0 fully saturated rings. The van der Waals surface area contributed by atoms with Crippen LogP contribution in [0.15, 0.2) is 66.7 Å². The number of carbonyl (C=O) groups is 1. The number of amides is 1. The molecule has 112 valence electrons. The highest BCUT2D eigenvalue weighted by Gasteiger charge is 2.18. The summed E-state index contributed by atoms with van der Waals surface area (Å²) in [6, 6.07) is 21.5. The van der Waals surface area contributed by atoms with Gasteiger partial charge in [0.05, 0.1) is 10.6 Å². The van der Waals surface area contributed by atoms with E-state index in [-0.39, 0.29) is 5.91 Å². The third kappa shape index (κ3) is 2.51. The number of rotatable bonds is 2. The number of hydrogen-bond donors (Lipinski definition) is 1. The second-order valence-corrected chi connectivity index (χ2v) is 6.05. The van der Waals surface area contributed by atoms with Crippen LogP contribution in [0.25, 0.3) is 11.1 Å². The highest BCUT2D eigenvalue weighted by atomic mass is 35.5. The number of anilines is 1. The summed E-state index contributed by atoms with van der Waals surface area (Å²) in [5.41, 5.74) is 6.38. The summed E-state index contributed by atoms with van der Waals surface area (Å²) in [5, 5.41) is 3.39. The Morgan fingerprint density at radius 2 is 1.61 bits per heavy atom. The molecule has 1 aliphatic carbocycles. The minimum Gasteiger partial charge on any atom is -0.322 e. The molecule has 1 amide bonds. The molecule has 0 radical (unpaired) electrons. The van der Waals surface area contributed by atoms with Gasteiger partial charge >= 0.3 is 0 Å². The minimum atomic E-state index is -0.189. The lowest BCUT2D eigenvalue weighted by molar-refractivity contribution is 0.102. The molecule has 1 N–H and O–H groups in total. The van der Waals surface area contributed by atoms with Gasteiger partial charge in [0.1, 0.15) is 0 Å². The van der Waals surface area contributed by atoms with Crippen molar-refractivity contribution in [1.29, 1.82) is 0 Å². The van der Waals surface area contributed by atoms with E-state index in [2.05, 4.69) is 35.6 Å². The van der Waals surface area contributed by atoms with Gasteiger partial charge in [0.2, 0.25) is 0 Å². The van der Waals surface area contributed by atoms with Crippen molar-refractivity contribution >= 4 is 23.2 Å². The fourth-order valence-corrected chi connectivity index (χ4v) is 3.29. The zero-order valence-electron chi connectivity index (χ0n) is 12.3. The third-order valence-electron chi connectivity index (χ3n) is 4.17. The van der Waals surface area contributed by atoms with E-state index in [1.807, 2.05) is 18.2 Å². The van der Waals surface area contributed by atoms with E-state index >= 15 is 0 Å². The average Bonchev–Trinajstić information content (AvgIpc) is 2.92. The van der Waals surface area contributed by atoms with Gasteiger partial charge in [-0.2, -0.15) is 0 Å². The summed E-state index contributed by atoms with van der Waals surface area (Å²) < 4.78 is 0.